The van der Waals surface area contributed by atoms with Gasteiger partial charge in [-0.3, -0.25) is 9.59 Å². The van der Waals surface area contributed by atoms with Crippen molar-refractivity contribution in [2.75, 3.05) is 13.2 Å². The van der Waals surface area contributed by atoms with E-state index < -0.39 is 67.4 Å². The number of unbranched alkanes of at least 4 members (excludes halogenated alkanes) is 27. The zero-order valence-corrected chi connectivity index (χ0v) is 42.8. The molecule has 11 heteroatoms. The number of esters is 1. The van der Waals surface area contributed by atoms with Gasteiger partial charge in [-0.25, -0.2) is 0 Å². The van der Waals surface area contributed by atoms with Gasteiger partial charge in [0.05, 0.1) is 25.4 Å². The number of carbonyl (C=O) groups is 2. The molecule has 390 valence electrons. The minimum atomic E-state index is -1.61. The topological polar surface area (TPSA) is 175 Å². The quantitative estimate of drug-likeness (QED) is 0.0149. The van der Waals surface area contributed by atoms with Crippen LogP contribution in [0.3, 0.4) is 0 Å². The molecule has 0 aliphatic carbocycles. The molecular weight excluding hydrogens is 847 g/mol. The molecule has 67 heavy (non-hydrogen) atoms. The number of aliphatic hydroxyl groups excluding tert-OH is 5. The van der Waals surface area contributed by atoms with Gasteiger partial charge in [-0.1, -0.05) is 230 Å². The fourth-order valence-electron chi connectivity index (χ4n) is 8.42. The van der Waals surface area contributed by atoms with E-state index in [1.54, 1.807) is 6.08 Å². The van der Waals surface area contributed by atoms with E-state index in [0.29, 0.717) is 12.8 Å². The summed E-state index contributed by atoms with van der Waals surface area (Å²) in [5, 5.41) is 56.6. The molecule has 0 spiro atoms. The lowest BCUT2D eigenvalue weighted by Gasteiger charge is -2.41. The van der Waals surface area contributed by atoms with Crippen LogP contribution in [-0.2, 0) is 23.8 Å². The van der Waals surface area contributed by atoms with Crippen molar-refractivity contribution < 1.29 is 49.3 Å². The van der Waals surface area contributed by atoms with Crippen LogP contribution in [0, 0.1) is 0 Å². The molecule has 1 aliphatic rings. The first-order valence-electron chi connectivity index (χ1n) is 27.4. The summed E-state index contributed by atoms with van der Waals surface area (Å²) in [5.74, 6) is -1.21. The lowest BCUT2D eigenvalue weighted by molar-refractivity contribution is -0.305. The maximum atomic E-state index is 13.3. The van der Waals surface area contributed by atoms with Crippen LogP contribution in [0.1, 0.15) is 233 Å². The van der Waals surface area contributed by atoms with Crippen molar-refractivity contribution in [1.82, 2.24) is 5.32 Å². The molecule has 1 aliphatic heterocycles. The van der Waals surface area contributed by atoms with Crippen LogP contribution in [-0.4, -0.2) is 99.6 Å². The van der Waals surface area contributed by atoms with Crippen LogP contribution in [0.15, 0.2) is 48.6 Å². The van der Waals surface area contributed by atoms with Crippen molar-refractivity contribution in [3.63, 3.8) is 0 Å². The minimum Gasteiger partial charge on any atom is -0.454 e. The molecule has 1 rings (SSSR count). The van der Waals surface area contributed by atoms with Gasteiger partial charge in [0.1, 0.15) is 24.4 Å². The zero-order chi connectivity index (χ0) is 49.0. The average Bonchev–Trinajstić information content (AvgIpc) is 3.32. The van der Waals surface area contributed by atoms with Crippen molar-refractivity contribution >= 4 is 11.9 Å². The molecule has 1 saturated heterocycles. The van der Waals surface area contributed by atoms with Gasteiger partial charge in [-0.05, 0) is 44.9 Å². The molecule has 6 N–H and O–H groups in total. The lowest BCUT2D eigenvalue weighted by Crippen LogP contribution is -2.61. The second kappa shape index (κ2) is 44.8. The first-order valence-corrected chi connectivity index (χ1v) is 27.4. The van der Waals surface area contributed by atoms with E-state index in [1.807, 2.05) is 18.2 Å². The Morgan fingerprint density at radius 1 is 0.597 bits per heavy atom. The Morgan fingerprint density at radius 3 is 1.60 bits per heavy atom. The highest BCUT2D eigenvalue weighted by atomic mass is 16.7. The van der Waals surface area contributed by atoms with Gasteiger partial charge in [-0.15, -0.1) is 0 Å². The predicted octanol–water partition coefficient (Wildman–Crippen LogP) is 11.7. The minimum absolute atomic E-state index is 0.124. The number of allylic oxidation sites excluding steroid dienone is 7. The van der Waals surface area contributed by atoms with Gasteiger partial charge in [0.2, 0.25) is 5.91 Å². The third kappa shape index (κ3) is 33.7. The highest BCUT2D eigenvalue weighted by Gasteiger charge is 2.47. The van der Waals surface area contributed by atoms with Gasteiger partial charge in [0.25, 0.3) is 0 Å². The summed E-state index contributed by atoms with van der Waals surface area (Å²) in [5.41, 5.74) is 0. The van der Waals surface area contributed by atoms with Crippen LogP contribution in [0.2, 0.25) is 0 Å². The number of hydrogen-bond acceptors (Lipinski definition) is 10. The average molecular weight is 948 g/mol. The van der Waals surface area contributed by atoms with Crippen LogP contribution < -0.4 is 5.32 Å². The first-order chi connectivity index (χ1) is 32.7. The second-order valence-electron chi connectivity index (χ2n) is 19.0. The van der Waals surface area contributed by atoms with Crippen LogP contribution >= 0.6 is 0 Å². The molecule has 1 heterocycles. The normalized spacial score (nSPS) is 20.4. The molecule has 8 atom stereocenters. The molecule has 0 aromatic heterocycles. The van der Waals surface area contributed by atoms with Crippen LogP contribution in [0.4, 0.5) is 0 Å². The Bertz CT molecular complexity index is 1270. The summed E-state index contributed by atoms with van der Waals surface area (Å²) in [6.07, 6.45) is 41.6. The number of ether oxygens (including phenoxy) is 3. The molecule has 0 bridgehead atoms. The van der Waals surface area contributed by atoms with Crippen molar-refractivity contribution in [2.45, 2.75) is 282 Å². The summed E-state index contributed by atoms with van der Waals surface area (Å²) < 4.78 is 17.5. The second-order valence-corrected chi connectivity index (χ2v) is 19.0. The molecule has 8 unspecified atom stereocenters. The van der Waals surface area contributed by atoms with Gasteiger partial charge in [0, 0.05) is 6.42 Å². The summed E-state index contributed by atoms with van der Waals surface area (Å²) in [4.78, 5) is 26.4. The van der Waals surface area contributed by atoms with E-state index in [2.05, 4.69) is 50.4 Å². The largest absolute Gasteiger partial charge is 0.454 e. The Labute approximate surface area is 408 Å². The van der Waals surface area contributed by atoms with E-state index in [9.17, 15) is 35.1 Å². The molecule has 0 saturated carbocycles. The van der Waals surface area contributed by atoms with Crippen molar-refractivity contribution in [3.8, 4) is 0 Å². The number of aliphatic hydroxyl groups is 5. The monoisotopic (exact) mass is 948 g/mol. The number of amides is 1. The highest BCUT2D eigenvalue weighted by molar-refractivity contribution is 5.80. The molecule has 0 radical (unpaired) electrons. The predicted molar refractivity (Wildman–Crippen MR) is 273 cm³/mol. The molecule has 1 amide bonds. The number of rotatable bonds is 45. The summed E-state index contributed by atoms with van der Waals surface area (Å²) in [6, 6.07) is -1.03. The van der Waals surface area contributed by atoms with E-state index in [-0.39, 0.29) is 19.4 Å². The molecule has 11 nitrogen and oxygen atoms in total. The molecule has 0 aromatic rings. The maximum absolute atomic E-state index is 13.3. The van der Waals surface area contributed by atoms with Crippen LogP contribution in [0.5, 0.6) is 0 Å². The molecule has 1 fully saturated rings. The SMILES string of the molecule is CC/C=C/C=C/C=C/CCCCCCCCC(O)C(=O)NC(COC1OC(CO)C(O)C(O)C1OC(=O)CCCCCCCCCCCCCCC)C(O)/C=C/CCCCCCCCCCC. The van der Waals surface area contributed by atoms with Gasteiger partial charge in [-0.2, -0.15) is 0 Å². The fraction of sp³-hybridized carbons (Fsp3) is 0.821. The van der Waals surface area contributed by atoms with E-state index in [4.69, 9.17) is 14.2 Å². The van der Waals surface area contributed by atoms with Gasteiger partial charge < -0.3 is 45.1 Å². The van der Waals surface area contributed by atoms with Crippen molar-refractivity contribution in [3.05, 3.63) is 48.6 Å². The number of carbonyl (C=O) groups excluding carboxylic acids is 2. The summed E-state index contributed by atoms with van der Waals surface area (Å²) in [6.45, 7) is 5.62. The third-order valence-electron chi connectivity index (χ3n) is 12.8. The Morgan fingerprint density at radius 2 is 1.07 bits per heavy atom. The summed E-state index contributed by atoms with van der Waals surface area (Å²) >= 11 is 0. The van der Waals surface area contributed by atoms with Crippen molar-refractivity contribution in [1.29, 1.82) is 0 Å². The number of hydrogen-bond donors (Lipinski definition) is 6. The first kappa shape index (κ1) is 62.6. The van der Waals surface area contributed by atoms with E-state index >= 15 is 0 Å². The molecule has 0 aromatic carbocycles. The lowest BCUT2D eigenvalue weighted by atomic mass is 9.99. The van der Waals surface area contributed by atoms with Crippen LogP contribution in [0.25, 0.3) is 0 Å². The van der Waals surface area contributed by atoms with Crippen molar-refractivity contribution in [2.24, 2.45) is 0 Å². The van der Waals surface area contributed by atoms with Gasteiger partial charge in [0.15, 0.2) is 12.4 Å². The third-order valence-corrected chi connectivity index (χ3v) is 12.8. The van der Waals surface area contributed by atoms with E-state index in [0.717, 1.165) is 83.5 Å². The zero-order valence-electron chi connectivity index (χ0n) is 42.8. The Balaban J connectivity index is 2.76. The Kier molecular flexibility index (Phi) is 41.9. The summed E-state index contributed by atoms with van der Waals surface area (Å²) in [7, 11) is 0. The molecular formula is C56H101NO10. The fourth-order valence-corrected chi connectivity index (χ4v) is 8.42. The smallest absolute Gasteiger partial charge is 0.306 e. The number of nitrogens with one attached hydrogen (secondary N) is 1. The Hall–Kier alpha value is -2.38. The standard InChI is InChI=1S/C56H101NO10/c1-4-7-10-13-16-19-22-24-26-28-31-34-37-40-43-49(60)55(64)57-47(48(59)42-39-36-33-30-27-21-18-15-12-9-6-3)46-65-56-54(53(63)52(62)50(45-58)66-56)67-51(61)44-41-38-35-32-29-25-23-20-17-14-11-8-5-2/h7,10,13,16,19,22,39,42,47-50,52-54,56,58-60,62-63H,4-6,8-9,11-12,14-15,17-18,20-21,23-38,40-41,43-46H2,1-3H3,(H,57,64)/b10-7+,16-13+,22-19+,42-39+. The maximum Gasteiger partial charge on any atom is 0.306 e. The highest BCUT2D eigenvalue weighted by Crippen LogP contribution is 2.26. The van der Waals surface area contributed by atoms with E-state index in [1.165, 1.54) is 103 Å². The van der Waals surface area contributed by atoms with Gasteiger partial charge >= 0.3 is 5.97 Å².